The minimum absolute atomic E-state index is 0.475. The van der Waals surface area contributed by atoms with Crippen molar-refractivity contribution in [3.8, 4) is 11.3 Å². The molecule has 6 heteroatoms. The van der Waals surface area contributed by atoms with Gasteiger partial charge in [-0.25, -0.2) is 4.68 Å². The third-order valence-electron chi connectivity index (χ3n) is 3.99. The number of aromatic nitrogens is 4. The molecule has 0 spiro atoms. The first-order chi connectivity index (χ1) is 11.4. The average molecular weight is 341 g/mol. The van der Waals surface area contributed by atoms with Crippen molar-refractivity contribution >= 4 is 19.0 Å². The fourth-order valence-corrected chi connectivity index (χ4v) is 3.29. The first-order valence-electron chi connectivity index (χ1n) is 8.25. The molecule has 3 rings (SSSR count). The lowest BCUT2D eigenvalue weighted by Gasteiger charge is -2.15. The molecule has 0 aliphatic heterocycles. The minimum Gasteiger partial charge on any atom is -0.360 e. The summed E-state index contributed by atoms with van der Waals surface area (Å²) in [5.41, 5.74) is 3.93. The Morgan fingerprint density at radius 2 is 2.04 bits per heavy atom. The summed E-state index contributed by atoms with van der Waals surface area (Å²) in [5, 5.41) is 5.71. The zero-order chi connectivity index (χ0) is 17.2. The summed E-state index contributed by atoms with van der Waals surface area (Å²) in [6, 6.07) is 7.17. The third kappa shape index (κ3) is 3.88. The molecule has 0 aliphatic rings. The van der Waals surface area contributed by atoms with Crippen molar-refractivity contribution in [3.63, 3.8) is 0 Å². The van der Waals surface area contributed by atoms with Gasteiger partial charge < -0.3 is 4.74 Å². The number of hydrogen-bond donors (Lipinski definition) is 0. The SMILES string of the molecule is Cc1nn(COCC[Si](C)(C)C)c2cnc(-c3cccnc3)cc12. The molecule has 0 fully saturated rings. The molecule has 0 aliphatic carbocycles. The van der Waals surface area contributed by atoms with Crippen LogP contribution >= 0.6 is 0 Å². The van der Waals surface area contributed by atoms with Crippen molar-refractivity contribution in [1.29, 1.82) is 0 Å². The van der Waals surface area contributed by atoms with Crippen LogP contribution in [0, 0.1) is 6.92 Å². The van der Waals surface area contributed by atoms with E-state index in [0.29, 0.717) is 6.73 Å². The van der Waals surface area contributed by atoms with Crippen molar-refractivity contribution in [2.75, 3.05) is 6.61 Å². The van der Waals surface area contributed by atoms with Gasteiger partial charge in [0.25, 0.3) is 0 Å². The van der Waals surface area contributed by atoms with Gasteiger partial charge in [0.15, 0.2) is 0 Å². The number of hydrogen-bond acceptors (Lipinski definition) is 4. The molecule has 0 amide bonds. The van der Waals surface area contributed by atoms with E-state index in [2.05, 4.69) is 40.8 Å². The van der Waals surface area contributed by atoms with E-state index in [4.69, 9.17) is 4.74 Å². The normalized spacial score (nSPS) is 12.0. The number of pyridine rings is 2. The van der Waals surface area contributed by atoms with Crippen molar-refractivity contribution in [1.82, 2.24) is 19.7 Å². The predicted octanol–water partition coefficient (Wildman–Crippen LogP) is 4.11. The maximum Gasteiger partial charge on any atom is 0.140 e. The van der Waals surface area contributed by atoms with Crippen LogP contribution in [-0.4, -0.2) is 34.4 Å². The lowest BCUT2D eigenvalue weighted by atomic mass is 10.1. The van der Waals surface area contributed by atoms with Gasteiger partial charge in [0, 0.05) is 38.0 Å². The summed E-state index contributed by atoms with van der Waals surface area (Å²) in [6.07, 6.45) is 5.47. The number of ether oxygens (including phenoxy) is 1. The average Bonchev–Trinajstić information content (AvgIpc) is 2.87. The van der Waals surface area contributed by atoms with E-state index in [1.54, 1.807) is 6.20 Å². The monoisotopic (exact) mass is 340 g/mol. The Morgan fingerprint density at radius 1 is 1.21 bits per heavy atom. The summed E-state index contributed by atoms with van der Waals surface area (Å²) < 4.78 is 7.73. The molecule has 0 radical (unpaired) electrons. The van der Waals surface area contributed by atoms with Crippen LogP contribution in [0.5, 0.6) is 0 Å². The van der Waals surface area contributed by atoms with Crippen LogP contribution in [0.1, 0.15) is 5.69 Å². The molecule has 0 saturated heterocycles. The zero-order valence-electron chi connectivity index (χ0n) is 14.8. The van der Waals surface area contributed by atoms with Crippen molar-refractivity contribution in [3.05, 3.63) is 42.5 Å². The largest absolute Gasteiger partial charge is 0.360 e. The van der Waals surface area contributed by atoms with Crippen molar-refractivity contribution in [2.24, 2.45) is 0 Å². The van der Waals surface area contributed by atoms with Crippen LogP contribution in [0.3, 0.4) is 0 Å². The Bertz CT molecular complexity index is 824. The molecule has 24 heavy (non-hydrogen) atoms. The van der Waals surface area contributed by atoms with E-state index in [0.717, 1.165) is 40.5 Å². The highest BCUT2D eigenvalue weighted by molar-refractivity contribution is 6.76. The number of rotatable bonds is 6. The molecule has 0 saturated carbocycles. The van der Waals surface area contributed by atoms with Crippen LogP contribution < -0.4 is 0 Å². The van der Waals surface area contributed by atoms with Crippen molar-refractivity contribution < 1.29 is 4.74 Å². The second kappa shape index (κ2) is 6.82. The molecule has 0 unspecified atom stereocenters. The van der Waals surface area contributed by atoms with E-state index >= 15 is 0 Å². The van der Waals surface area contributed by atoms with Gasteiger partial charge in [0.05, 0.1) is 23.1 Å². The Hall–Kier alpha value is -2.05. The van der Waals surface area contributed by atoms with E-state index < -0.39 is 8.07 Å². The Balaban J connectivity index is 1.79. The van der Waals surface area contributed by atoms with Crippen LogP contribution in [0.15, 0.2) is 36.8 Å². The first kappa shape index (κ1) is 16.8. The molecule has 3 heterocycles. The predicted molar refractivity (Wildman–Crippen MR) is 99.6 cm³/mol. The molecule has 0 N–H and O–H groups in total. The lowest BCUT2D eigenvalue weighted by molar-refractivity contribution is 0.0814. The molecule has 3 aromatic rings. The molecule has 0 atom stereocenters. The third-order valence-corrected chi connectivity index (χ3v) is 5.69. The van der Waals surface area contributed by atoms with Gasteiger partial charge in [-0.2, -0.15) is 5.10 Å². The molecule has 0 bridgehead atoms. The topological polar surface area (TPSA) is 52.8 Å². The van der Waals surface area contributed by atoms with E-state index in [-0.39, 0.29) is 0 Å². The van der Waals surface area contributed by atoms with Gasteiger partial charge in [-0.3, -0.25) is 9.97 Å². The number of nitrogens with zero attached hydrogens (tertiary/aromatic N) is 4. The molecule has 5 nitrogen and oxygen atoms in total. The molecule has 3 aromatic heterocycles. The minimum atomic E-state index is -1.06. The van der Waals surface area contributed by atoms with Gasteiger partial charge in [-0.05, 0) is 31.2 Å². The summed E-state index contributed by atoms with van der Waals surface area (Å²) in [6.45, 7) is 10.4. The molecule has 126 valence electrons. The Labute approximate surface area is 143 Å². The molecular formula is C18H24N4OSi. The standard InChI is InChI=1S/C18H24N4OSi/c1-14-16-10-17(15-6-5-7-19-11-15)20-12-18(16)22(21-14)13-23-8-9-24(2,3)4/h5-7,10-12H,8-9,13H2,1-4H3. The van der Waals surface area contributed by atoms with Crippen LogP contribution in [0.25, 0.3) is 22.2 Å². The van der Waals surface area contributed by atoms with Crippen LogP contribution in [-0.2, 0) is 11.5 Å². The van der Waals surface area contributed by atoms with Gasteiger partial charge >= 0.3 is 0 Å². The second-order valence-corrected chi connectivity index (χ2v) is 12.9. The summed E-state index contributed by atoms with van der Waals surface area (Å²) in [5.74, 6) is 0. The maximum atomic E-state index is 5.83. The van der Waals surface area contributed by atoms with E-state index in [1.807, 2.05) is 36.1 Å². The van der Waals surface area contributed by atoms with Gasteiger partial charge in [0.1, 0.15) is 6.73 Å². The smallest absolute Gasteiger partial charge is 0.140 e. The van der Waals surface area contributed by atoms with Crippen LogP contribution in [0.4, 0.5) is 0 Å². The Morgan fingerprint density at radius 3 is 2.75 bits per heavy atom. The molecular weight excluding hydrogens is 316 g/mol. The summed E-state index contributed by atoms with van der Waals surface area (Å²) >= 11 is 0. The highest BCUT2D eigenvalue weighted by Gasteiger charge is 2.13. The van der Waals surface area contributed by atoms with Gasteiger partial charge in [-0.1, -0.05) is 19.6 Å². The zero-order valence-corrected chi connectivity index (χ0v) is 15.8. The number of aryl methyl sites for hydroxylation is 1. The second-order valence-electron chi connectivity index (χ2n) is 7.26. The summed E-state index contributed by atoms with van der Waals surface area (Å²) in [4.78, 5) is 8.73. The van der Waals surface area contributed by atoms with E-state index in [9.17, 15) is 0 Å². The van der Waals surface area contributed by atoms with Gasteiger partial charge in [-0.15, -0.1) is 0 Å². The van der Waals surface area contributed by atoms with Crippen LogP contribution in [0.2, 0.25) is 25.7 Å². The highest BCUT2D eigenvalue weighted by atomic mass is 28.3. The van der Waals surface area contributed by atoms with Crippen molar-refractivity contribution in [2.45, 2.75) is 39.3 Å². The molecule has 0 aromatic carbocycles. The summed E-state index contributed by atoms with van der Waals surface area (Å²) in [7, 11) is -1.06. The maximum absolute atomic E-state index is 5.83. The fourth-order valence-electron chi connectivity index (χ4n) is 2.53. The quantitative estimate of drug-likeness (QED) is 0.500. The fraction of sp³-hybridized carbons (Fsp3) is 0.389. The number of fused-ring (bicyclic) bond motifs is 1. The highest BCUT2D eigenvalue weighted by Crippen LogP contribution is 2.23. The lowest BCUT2D eigenvalue weighted by Crippen LogP contribution is -2.22. The Kier molecular flexibility index (Phi) is 4.77. The van der Waals surface area contributed by atoms with Gasteiger partial charge in [0.2, 0.25) is 0 Å². The first-order valence-corrected chi connectivity index (χ1v) is 12.0. The van der Waals surface area contributed by atoms with E-state index in [1.165, 1.54) is 0 Å².